The molecule has 1 aliphatic rings. The molecule has 0 fully saturated rings. The van der Waals surface area contributed by atoms with E-state index in [1.165, 1.54) is 30.7 Å². The highest BCUT2D eigenvalue weighted by Crippen LogP contribution is 2.29. The second kappa shape index (κ2) is 9.01. The summed E-state index contributed by atoms with van der Waals surface area (Å²) >= 11 is 0. The molecule has 1 unspecified atom stereocenters. The van der Waals surface area contributed by atoms with Crippen LogP contribution in [-0.2, 0) is 24.2 Å². The summed E-state index contributed by atoms with van der Waals surface area (Å²) in [7, 11) is 3.30. The summed E-state index contributed by atoms with van der Waals surface area (Å²) in [4.78, 5) is 13.3. The summed E-state index contributed by atoms with van der Waals surface area (Å²) < 4.78 is 34.4. The van der Waals surface area contributed by atoms with Gasteiger partial charge in [-0.25, -0.2) is 0 Å². The molecule has 2 aromatic rings. The van der Waals surface area contributed by atoms with E-state index in [1.807, 2.05) is 13.1 Å². The van der Waals surface area contributed by atoms with E-state index < -0.39 is 6.61 Å². The number of rotatable bonds is 8. The maximum atomic E-state index is 12.4. The van der Waals surface area contributed by atoms with E-state index in [0.717, 1.165) is 29.0 Å². The summed E-state index contributed by atoms with van der Waals surface area (Å²) in [5.74, 6) is 0.168. The van der Waals surface area contributed by atoms with E-state index in [2.05, 4.69) is 22.2 Å². The van der Waals surface area contributed by atoms with Crippen LogP contribution in [0.5, 0.6) is 11.5 Å². The molecule has 0 heterocycles. The van der Waals surface area contributed by atoms with Gasteiger partial charge in [-0.15, -0.1) is 0 Å². The van der Waals surface area contributed by atoms with Crippen LogP contribution in [0.25, 0.3) is 0 Å². The van der Waals surface area contributed by atoms with Crippen LogP contribution < -0.4 is 19.7 Å². The lowest BCUT2D eigenvalue weighted by atomic mass is 10.1. The summed E-state index contributed by atoms with van der Waals surface area (Å²) in [6.07, 6.45) is 3.35. The summed E-state index contributed by atoms with van der Waals surface area (Å²) in [5, 5.41) is 2.95. The first kappa shape index (κ1) is 20.1. The number of quaternary nitrogens is 1. The Bertz CT molecular complexity index is 842. The number of nitrogens with one attached hydrogen (secondary N) is 2. The van der Waals surface area contributed by atoms with Crippen molar-refractivity contribution in [1.82, 2.24) is 0 Å². The maximum Gasteiger partial charge on any atom is 0.387 e. The summed E-state index contributed by atoms with van der Waals surface area (Å²) in [6, 6.07) is 10.9. The van der Waals surface area contributed by atoms with Crippen LogP contribution in [0.4, 0.5) is 14.5 Å². The number of carbonyl (C=O) groups excluding carboxylic acids is 1. The van der Waals surface area contributed by atoms with Crippen molar-refractivity contribution in [2.75, 3.05) is 26.0 Å². The minimum absolute atomic E-state index is 0.00624. The van der Waals surface area contributed by atoms with Gasteiger partial charge < -0.3 is 19.7 Å². The van der Waals surface area contributed by atoms with Crippen molar-refractivity contribution in [2.24, 2.45) is 0 Å². The average molecular weight is 391 g/mol. The van der Waals surface area contributed by atoms with Gasteiger partial charge in [0.05, 0.1) is 14.2 Å². The van der Waals surface area contributed by atoms with E-state index in [4.69, 9.17) is 4.74 Å². The Morgan fingerprint density at radius 3 is 2.68 bits per heavy atom. The quantitative estimate of drug-likeness (QED) is 0.727. The summed E-state index contributed by atoms with van der Waals surface area (Å²) in [5.41, 5.74) is 4.38. The Morgan fingerprint density at radius 2 is 1.93 bits per heavy atom. The van der Waals surface area contributed by atoms with Crippen LogP contribution in [0.15, 0.2) is 36.4 Å². The molecule has 0 bridgehead atoms. The number of fused-ring (bicyclic) bond motifs is 1. The molecule has 150 valence electrons. The second-order valence-electron chi connectivity index (χ2n) is 7.06. The molecule has 1 atom stereocenters. The lowest BCUT2D eigenvalue weighted by Gasteiger charge is -2.16. The van der Waals surface area contributed by atoms with Crippen molar-refractivity contribution in [3.05, 3.63) is 53.1 Å². The molecule has 1 aliphatic carbocycles. The fraction of sp³-hybridized carbons (Fsp3) is 0.381. The lowest BCUT2D eigenvalue weighted by molar-refractivity contribution is -0.885. The Balaban J connectivity index is 1.56. The number of likely N-dealkylation sites (N-methyl/N-ethyl adjacent to an activating group) is 1. The number of amides is 1. The standard InChI is InChI=1S/C21H24F2N2O3/c1-25(12-14-6-9-18(28-21(22)23)19(10-14)27-2)13-20(26)24-17-8-7-15-4-3-5-16(15)11-17/h6-11,21H,3-5,12-13H2,1-2H3,(H,24,26)/p+1. The predicted molar refractivity (Wildman–Crippen MR) is 102 cm³/mol. The molecule has 0 spiro atoms. The molecule has 0 aliphatic heterocycles. The van der Waals surface area contributed by atoms with Gasteiger partial charge in [0.15, 0.2) is 18.0 Å². The van der Waals surface area contributed by atoms with Gasteiger partial charge in [-0.1, -0.05) is 6.07 Å². The zero-order chi connectivity index (χ0) is 20.1. The fourth-order valence-corrected chi connectivity index (χ4v) is 3.56. The highest BCUT2D eigenvalue weighted by molar-refractivity contribution is 5.91. The van der Waals surface area contributed by atoms with Gasteiger partial charge in [0.1, 0.15) is 6.54 Å². The zero-order valence-electron chi connectivity index (χ0n) is 16.1. The van der Waals surface area contributed by atoms with Gasteiger partial charge in [0.2, 0.25) is 0 Å². The largest absolute Gasteiger partial charge is 0.493 e. The number of carbonyl (C=O) groups is 1. The van der Waals surface area contributed by atoms with Crippen LogP contribution >= 0.6 is 0 Å². The minimum atomic E-state index is -2.91. The number of benzene rings is 2. The molecule has 7 heteroatoms. The third-order valence-electron chi connectivity index (χ3n) is 4.79. The first-order valence-electron chi connectivity index (χ1n) is 9.29. The van der Waals surface area contributed by atoms with E-state index in [0.29, 0.717) is 6.54 Å². The van der Waals surface area contributed by atoms with Crippen LogP contribution in [-0.4, -0.2) is 33.2 Å². The molecule has 0 aromatic heterocycles. The number of anilines is 1. The smallest absolute Gasteiger partial charge is 0.387 e. The van der Waals surface area contributed by atoms with Crippen molar-refractivity contribution < 1.29 is 27.9 Å². The van der Waals surface area contributed by atoms with Crippen molar-refractivity contribution >= 4 is 11.6 Å². The highest BCUT2D eigenvalue weighted by Gasteiger charge is 2.16. The average Bonchev–Trinajstić information content (AvgIpc) is 3.10. The van der Waals surface area contributed by atoms with E-state index in [-0.39, 0.29) is 24.0 Å². The number of ether oxygens (including phenoxy) is 2. The molecular formula is C21H25F2N2O3+. The molecular weight excluding hydrogens is 366 g/mol. The minimum Gasteiger partial charge on any atom is -0.493 e. The van der Waals surface area contributed by atoms with Crippen LogP contribution in [0.1, 0.15) is 23.1 Å². The Kier molecular flexibility index (Phi) is 6.46. The van der Waals surface area contributed by atoms with Gasteiger partial charge in [0.25, 0.3) is 5.91 Å². The van der Waals surface area contributed by atoms with Gasteiger partial charge in [0, 0.05) is 11.3 Å². The first-order valence-corrected chi connectivity index (χ1v) is 9.29. The topological polar surface area (TPSA) is 52.0 Å². The normalized spacial score (nSPS) is 13.9. The number of methoxy groups -OCH3 is 1. The third-order valence-corrected chi connectivity index (χ3v) is 4.79. The predicted octanol–water partition coefficient (Wildman–Crippen LogP) is 2.44. The van der Waals surface area contributed by atoms with Crippen molar-refractivity contribution in [2.45, 2.75) is 32.4 Å². The number of hydrogen-bond donors (Lipinski definition) is 2. The molecule has 28 heavy (non-hydrogen) atoms. The molecule has 1 amide bonds. The SMILES string of the molecule is COc1cc(C[NH+](C)CC(=O)Nc2ccc3c(c2)CCC3)ccc1OC(F)F. The second-order valence-corrected chi connectivity index (χ2v) is 7.06. The molecule has 0 saturated carbocycles. The zero-order valence-corrected chi connectivity index (χ0v) is 16.1. The van der Waals surface area contributed by atoms with E-state index in [9.17, 15) is 13.6 Å². The first-order chi connectivity index (χ1) is 13.4. The van der Waals surface area contributed by atoms with E-state index >= 15 is 0 Å². The number of alkyl halides is 2. The van der Waals surface area contributed by atoms with Gasteiger partial charge in [-0.2, -0.15) is 8.78 Å². The monoisotopic (exact) mass is 391 g/mol. The number of aryl methyl sites for hydroxylation is 2. The lowest BCUT2D eigenvalue weighted by Crippen LogP contribution is -3.08. The highest BCUT2D eigenvalue weighted by atomic mass is 19.3. The Labute approximate surface area is 163 Å². The third kappa shape index (κ3) is 5.19. The van der Waals surface area contributed by atoms with E-state index in [1.54, 1.807) is 12.1 Å². The van der Waals surface area contributed by atoms with Crippen LogP contribution in [0, 0.1) is 0 Å². The van der Waals surface area contributed by atoms with Gasteiger partial charge in [-0.3, -0.25) is 4.79 Å². The number of halogens is 2. The Morgan fingerprint density at radius 1 is 1.14 bits per heavy atom. The summed E-state index contributed by atoms with van der Waals surface area (Å²) in [6.45, 7) is -2.08. The Hall–Kier alpha value is -2.67. The van der Waals surface area contributed by atoms with Gasteiger partial charge >= 0.3 is 6.61 Å². The van der Waals surface area contributed by atoms with Gasteiger partial charge in [-0.05, 0) is 60.7 Å². The van der Waals surface area contributed by atoms with Crippen LogP contribution in [0.2, 0.25) is 0 Å². The van der Waals surface area contributed by atoms with Crippen molar-refractivity contribution in [3.8, 4) is 11.5 Å². The van der Waals surface area contributed by atoms with Crippen molar-refractivity contribution in [3.63, 3.8) is 0 Å². The fourth-order valence-electron chi connectivity index (χ4n) is 3.56. The molecule has 5 nitrogen and oxygen atoms in total. The van der Waals surface area contributed by atoms with Crippen LogP contribution in [0.3, 0.4) is 0 Å². The molecule has 3 rings (SSSR count). The molecule has 0 saturated heterocycles. The maximum absolute atomic E-state index is 12.4. The number of hydrogen-bond acceptors (Lipinski definition) is 3. The molecule has 0 radical (unpaired) electrons. The van der Waals surface area contributed by atoms with Crippen molar-refractivity contribution in [1.29, 1.82) is 0 Å². The molecule has 2 N–H and O–H groups in total. The molecule has 2 aromatic carbocycles.